The van der Waals surface area contributed by atoms with Gasteiger partial charge in [0.25, 0.3) is 0 Å². The van der Waals surface area contributed by atoms with Gasteiger partial charge in [-0.05, 0) is 92.3 Å². The molecule has 252 valence electrons. The minimum atomic E-state index is 0.651. The quantitative estimate of drug-likeness (QED) is 0.163. The molecule has 0 saturated carbocycles. The fraction of sp³-hybridized carbons (Fsp3) is 0. The zero-order valence-corrected chi connectivity index (χ0v) is 29.1. The summed E-state index contributed by atoms with van der Waals surface area (Å²) in [7, 11) is 0. The second-order valence-electron chi connectivity index (χ2n) is 13.3. The van der Waals surface area contributed by atoms with Crippen LogP contribution in [0.1, 0.15) is 0 Å². The van der Waals surface area contributed by atoms with Gasteiger partial charge in [0, 0.05) is 52.4 Å². The van der Waals surface area contributed by atoms with E-state index in [0.29, 0.717) is 5.82 Å². The Morgan fingerprint density at radius 3 is 1.57 bits per heavy atom. The largest absolute Gasteiger partial charge is 0.264 e. The van der Waals surface area contributed by atoms with E-state index in [1.807, 2.05) is 42.7 Å². The maximum Gasteiger partial charge on any atom is 0.161 e. The molecule has 0 fully saturated rings. The number of hydrogen-bond donors (Lipinski definition) is 0. The first-order valence-electron chi connectivity index (χ1n) is 18.0. The first kappa shape index (κ1) is 31.4. The SMILES string of the molecule is c1ccc(-c2cc(-c3ccc(-c4ccc(-c5nc(-c6cccnc6)cc(-c6cccnc6)n5)c5ccccc45)cc3)nc3ccc4ccccc4c23)cc1. The van der Waals surface area contributed by atoms with E-state index >= 15 is 0 Å². The molecule has 0 spiro atoms. The molecule has 0 aliphatic heterocycles. The highest BCUT2D eigenvalue weighted by Gasteiger charge is 2.17. The number of fused-ring (bicyclic) bond motifs is 4. The topological polar surface area (TPSA) is 64.5 Å². The Labute approximate surface area is 312 Å². The Balaban J connectivity index is 1.07. The third-order valence-electron chi connectivity index (χ3n) is 10.1. The minimum Gasteiger partial charge on any atom is -0.264 e. The number of hydrogen-bond acceptors (Lipinski definition) is 5. The van der Waals surface area contributed by atoms with E-state index in [1.54, 1.807) is 12.4 Å². The standard InChI is InChI=1S/C49H31N5/c1-2-10-32(11-3-1)43-28-45(52-44-25-22-33-12-4-5-15-39(33)48(43)44)35-20-18-34(19-21-35)38-23-24-42(41-17-7-6-16-40(38)41)49-53-46(36-13-8-26-50-30-36)29-47(54-49)37-14-9-27-51-31-37/h1-31H. The Bertz CT molecular complexity index is 2910. The molecule has 6 aromatic carbocycles. The second-order valence-corrected chi connectivity index (χ2v) is 13.3. The van der Waals surface area contributed by atoms with Crippen LogP contribution in [0.25, 0.3) is 99.9 Å². The highest BCUT2D eigenvalue weighted by atomic mass is 14.9. The van der Waals surface area contributed by atoms with Crippen LogP contribution in [0.5, 0.6) is 0 Å². The normalized spacial score (nSPS) is 11.3. The van der Waals surface area contributed by atoms with E-state index in [4.69, 9.17) is 15.0 Å². The van der Waals surface area contributed by atoms with Crippen molar-refractivity contribution in [1.82, 2.24) is 24.9 Å². The van der Waals surface area contributed by atoms with Crippen molar-refractivity contribution in [2.24, 2.45) is 0 Å². The highest BCUT2D eigenvalue weighted by Crippen LogP contribution is 2.39. The van der Waals surface area contributed by atoms with Crippen LogP contribution in [0.15, 0.2) is 189 Å². The Kier molecular flexibility index (Phi) is 7.73. The fourth-order valence-corrected chi connectivity index (χ4v) is 7.46. The van der Waals surface area contributed by atoms with Crippen LogP contribution < -0.4 is 0 Å². The third kappa shape index (κ3) is 5.65. The lowest BCUT2D eigenvalue weighted by Crippen LogP contribution is -1.97. The smallest absolute Gasteiger partial charge is 0.161 e. The van der Waals surface area contributed by atoms with Gasteiger partial charge in [-0.2, -0.15) is 0 Å². The van der Waals surface area contributed by atoms with E-state index in [1.165, 1.54) is 27.3 Å². The van der Waals surface area contributed by atoms with E-state index < -0.39 is 0 Å². The van der Waals surface area contributed by atoms with Gasteiger partial charge in [0.15, 0.2) is 5.82 Å². The van der Waals surface area contributed by atoms with E-state index in [9.17, 15) is 0 Å². The van der Waals surface area contributed by atoms with Crippen LogP contribution in [0, 0.1) is 0 Å². The number of aromatic nitrogens is 5. The van der Waals surface area contributed by atoms with Gasteiger partial charge >= 0.3 is 0 Å². The van der Waals surface area contributed by atoms with E-state index in [0.717, 1.165) is 66.8 Å². The summed E-state index contributed by atoms with van der Waals surface area (Å²) < 4.78 is 0. The van der Waals surface area contributed by atoms with Crippen LogP contribution >= 0.6 is 0 Å². The Hall–Kier alpha value is -7.37. The van der Waals surface area contributed by atoms with Crippen LogP contribution in [0.3, 0.4) is 0 Å². The molecule has 0 N–H and O–H groups in total. The van der Waals surface area contributed by atoms with Gasteiger partial charge in [0.1, 0.15) is 0 Å². The second kappa shape index (κ2) is 13.3. The first-order chi connectivity index (χ1) is 26.8. The summed E-state index contributed by atoms with van der Waals surface area (Å²) in [5, 5.41) is 5.80. The molecular weight excluding hydrogens is 659 g/mol. The lowest BCUT2D eigenvalue weighted by atomic mass is 9.92. The van der Waals surface area contributed by atoms with Crippen molar-refractivity contribution in [3.05, 3.63) is 189 Å². The first-order valence-corrected chi connectivity index (χ1v) is 18.0. The van der Waals surface area contributed by atoms with Gasteiger partial charge in [0.05, 0.1) is 22.6 Å². The van der Waals surface area contributed by atoms with Gasteiger partial charge < -0.3 is 0 Å². The van der Waals surface area contributed by atoms with E-state index in [2.05, 4.69) is 143 Å². The lowest BCUT2D eigenvalue weighted by molar-refractivity contribution is 1.17. The summed E-state index contributed by atoms with van der Waals surface area (Å²) in [6.07, 6.45) is 7.21. The molecule has 5 nitrogen and oxygen atoms in total. The van der Waals surface area contributed by atoms with Gasteiger partial charge in [0.2, 0.25) is 0 Å². The van der Waals surface area contributed by atoms with Crippen LogP contribution in [0.2, 0.25) is 0 Å². The molecule has 0 saturated heterocycles. The van der Waals surface area contributed by atoms with Crippen molar-refractivity contribution in [3.63, 3.8) is 0 Å². The molecule has 54 heavy (non-hydrogen) atoms. The zero-order valence-electron chi connectivity index (χ0n) is 29.1. The summed E-state index contributed by atoms with van der Waals surface area (Å²) in [5.74, 6) is 0.651. The summed E-state index contributed by atoms with van der Waals surface area (Å²) in [6, 6.07) is 57.2. The van der Waals surface area contributed by atoms with Crippen molar-refractivity contribution in [2.75, 3.05) is 0 Å². The van der Waals surface area contributed by atoms with Gasteiger partial charge in [-0.25, -0.2) is 15.0 Å². The van der Waals surface area contributed by atoms with Crippen LogP contribution in [-0.2, 0) is 0 Å². The molecule has 0 amide bonds. The maximum atomic E-state index is 5.22. The summed E-state index contributed by atoms with van der Waals surface area (Å²) >= 11 is 0. The summed E-state index contributed by atoms with van der Waals surface area (Å²) in [6.45, 7) is 0. The van der Waals surface area contributed by atoms with Crippen molar-refractivity contribution in [3.8, 4) is 67.4 Å². The molecule has 0 radical (unpaired) electrons. The number of pyridine rings is 3. The Morgan fingerprint density at radius 1 is 0.333 bits per heavy atom. The van der Waals surface area contributed by atoms with E-state index in [-0.39, 0.29) is 0 Å². The van der Waals surface area contributed by atoms with Crippen molar-refractivity contribution in [1.29, 1.82) is 0 Å². The molecule has 0 unspecified atom stereocenters. The lowest BCUT2D eigenvalue weighted by Gasteiger charge is -2.14. The van der Waals surface area contributed by atoms with Crippen LogP contribution in [0.4, 0.5) is 0 Å². The molecule has 0 bridgehead atoms. The number of benzene rings is 6. The van der Waals surface area contributed by atoms with Gasteiger partial charge in [-0.1, -0.05) is 115 Å². The molecule has 4 aromatic heterocycles. The molecule has 10 rings (SSSR count). The highest BCUT2D eigenvalue weighted by molar-refractivity contribution is 6.14. The summed E-state index contributed by atoms with van der Waals surface area (Å²) in [4.78, 5) is 24.1. The molecular formula is C49H31N5. The van der Waals surface area contributed by atoms with Crippen molar-refractivity contribution < 1.29 is 0 Å². The average Bonchev–Trinajstić information content (AvgIpc) is 3.26. The minimum absolute atomic E-state index is 0.651. The average molecular weight is 690 g/mol. The molecule has 4 heterocycles. The molecule has 0 atom stereocenters. The zero-order chi connectivity index (χ0) is 35.8. The van der Waals surface area contributed by atoms with Gasteiger partial charge in [-0.15, -0.1) is 0 Å². The molecule has 5 heteroatoms. The molecule has 0 aliphatic rings. The summed E-state index contributed by atoms with van der Waals surface area (Å²) in [5.41, 5.74) is 12.0. The Morgan fingerprint density at radius 2 is 0.889 bits per heavy atom. The monoisotopic (exact) mass is 689 g/mol. The number of rotatable bonds is 6. The van der Waals surface area contributed by atoms with Crippen LogP contribution in [-0.4, -0.2) is 24.9 Å². The third-order valence-corrected chi connectivity index (χ3v) is 10.1. The number of nitrogens with zero attached hydrogens (tertiary/aromatic N) is 5. The molecule has 10 aromatic rings. The predicted octanol–water partition coefficient (Wildman–Crippen LogP) is 12.1. The fourth-order valence-electron chi connectivity index (χ4n) is 7.46. The molecule has 0 aliphatic carbocycles. The van der Waals surface area contributed by atoms with Gasteiger partial charge in [-0.3, -0.25) is 9.97 Å². The predicted molar refractivity (Wildman–Crippen MR) is 221 cm³/mol. The van der Waals surface area contributed by atoms with Crippen molar-refractivity contribution in [2.45, 2.75) is 0 Å². The van der Waals surface area contributed by atoms with Crippen molar-refractivity contribution >= 4 is 32.4 Å². The maximum absolute atomic E-state index is 5.22.